The smallest absolute Gasteiger partial charge is 0.326 e. The van der Waals surface area contributed by atoms with Crippen LogP contribution in [0.25, 0.3) is 0 Å². The zero-order valence-corrected chi connectivity index (χ0v) is 13.3. The molecular formula is C16H16FNO4S. The van der Waals surface area contributed by atoms with Gasteiger partial charge in [0.05, 0.1) is 5.75 Å². The molecule has 0 spiro atoms. The van der Waals surface area contributed by atoms with E-state index in [9.17, 15) is 17.6 Å². The van der Waals surface area contributed by atoms with Gasteiger partial charge >= 0.3 is 5.97 Å². The molecule has 7 heteroatoms. The van der Waals surface area contributed by atoms with Crippen molar-refractivity contribution in [2.45, 2.75) is 12.7 Å². The van der Waals surface area contributed by atoms with Crippen LogP contribution in [-0.2, 0) is 20.6 Å². The van der Waals surface area contributed by atoms with E-state index in [4.69, 9.17) is 4.74 Å². The Morgan fingerprint density at radius 1 is 1.09 bits per heavy atom. The molecule has 0 heterocycles. The van der Waals surface area contributed by atoms with Gasteiger partial charge in [0.1, 0.15) is 18.1 Å². The number of rotatable bonds is 6. The molecule has 0 aromatic heterocycles. The summed E-state index contributed by atoms with van der Waals surface area (Å²) >= 11 is 0. The van der Waals surface area contributed by atoms with Gasteiger partial charge in [0.2, 0.25) is 10.0 Å². The van der Waals surface area contributed by atoms with E-state index < -0.39 is 28.4 Å². The highest BCUT2D eigenvalue weighted by atomic mass is 32.2. The van der Waals surface area contributed by atoms with Crippen molar-refractivity contribution >= 4 is 16.0 Å². The van der Waals surface area contributed by atoms with Gasteiger partial charge in [0.15, 0.2) is 0 Å². The number of esters is 1. The monoisotopic (exact) mass is 337 g/mol. The molecule has 2 aromatic carbocycles. The van der Waals surface area contributed by atoms with Crippen LogP contribution in [0.5, 0.6) is 5.75 Å². The molecule has 0 unspecified atom stereocenters. The average Bonchev–Trinajstić information content (AvgIpc) is 2.50. The highest BCUT2D eigenvalue weighted by Crippen LogP contribution is 2.11. The van der Waals surface area contributed by atoms with Crippen LogP contribution in [0.4, 0.5) is 4.39 Å². The molecule has 0 bridgehead atoms. The van der Waals surface area contributed by atoms with E-state index in [1.54, 1.807) is 24.3 Å². The first kappa shape index (κ1) is 17.1. The van der Waals surface area contributed by atoms with Crippen LogP contribution in [-0.4, -0.2) is 20.9 Å². The zero-order valence-electron chi connectivity index (χ0n) is 12.5. The van der Waals surface area contributed by atoms with Gasteiger partial charge in [0.25, 0.3) is 0 Å². The van der Waals surface area contributed by atoms with Gasteiger partial charge in [-0.3, -0.25) is 4.79 Å². The molecular weight excluding hydrogens is 321 g/mol. The van der Waals surface area contributed by atoms with Gasteiger partial charge in [0, 0.05) is 0 Å². The summed E-state index contributed by atoms with van der Waals surface area (Å²) in [6, 6.07) is 11.9. The van der Waals surface area contributed by atoms with Crippen LogP contribution in [0.15, 0.2) is 48.5 Å². The van der Waals surface area contributed by atoms with Crippen molar-refractivity contribution in [3.8, 4) is 5.75 Å². The average molecular weight is 337 g/mol. The summed E-state index contributed by atoms with van der Waals surface area (Å²) in [5.41, 5.74) is 1.44. The molecule has 2 aromatic rings. The first-order valence-corrected chi connectivity index (χ1v) is 8.48. The Hall–Kier alpha value is -2.25. The Morgan fingerprint density at radius 3 is 2.30 bits per heavy atom. The topological polar surface area (TPSA) is 72.5 Å². The van der Waals surface area contributed by atoms with Crippen LogP contribution in [0, 0.1) is 12.7 Å². The van der Waals surface area contributed by atoms with Gasteiger partial charge in [-0.2, -0.15) is 0 Å². The Bertz CT molecular complexity index is 771. The molecule has 0 saturated heterocycles. The van der Waals surface area contributed by atoms with Crippen molar-refractivity contribution in [2.75, 3.05) is 6.54 Å². The molecule has 0 radical (unpaired) electrons. The standard InChI is InChI=1S/C16H16FNO4S/c1-12-2-8-15(9-3-12)22-16(19)10-18-23(20,21)11-13-4-6-14(17)7-5-13/h2-9,18H,10-11H2,1H3. The van der Waals surface area contributed by atoms with Crippen molar-refractivity contribution in [3.05, 3.63) is 65.5 Å². The maximum Gasteiger partial charge on any atom is 0.326 e. The minimum atomic E-state index is -3.71. The molecule has 0 amide bonds. The van der Waals surface area contributed by atoms with Gasteiger partial charge in [-0.25, -0.2) is 17.5 Å². The Morgan fingerprint density at radius 2 is 1.70 bits per heavy atom. The minimum Gasteiger partial charge on any atom is -0.426 e. The summed E-state index contributed by atoms with van der Waals surface area (Å²) in [5, 5.41) is 0. The minimum absolute atomic E-state index is 0.342. The second-order valence-electron chi connectivity index (χ2n) is 4.99. The Balaban J connectivity index is 1.87. The third kappa shape index (κ3) is 5.80. The fourth-order valence-corrected chi connectivity index (χ4v) is 2.86. The fourth-order valence-electron chi connectivity index (χ4n) is 1.79. The number of hydrogen-bond donors (Lipinski definition) is 1. The van der Waals surface area contributed by atoms with E-state index in [0.717, 1.165) is 5.56 Å². The van der Waals surface area contributed by atoms with Crippen molar-refractivity contribution < 1.29 is 22.3 Å². The predicted molar refractivity (Wildman–Crippen MR) is 83.8 cm³/mol. The number of sulfonamides is 1. The molecule has 0 fully saturated rings. The second-order valence-corrected chi connectivity index (χ2v) is 6.80. The van der Waals surface area contributed by atoms with E-state index in [0.29, 0.717) is 11.3 Å². The number of halogens is 1. The molecule has 0 saturated carbocycles. The summed E-state index contributed by atoms with van der Waals surface area (Å²) in [5.74, 6) is -1.15. The summed E-state index contributed by atoms with van der Waals surface area (Å²) < 4.78 is 43.7. The number of benzene rings is 2. The van der Waals surface area contributed by atoms with Gasteiger partial charge in [-0.1, -0.05) is 29.8 Å². The SMILES string of the molecule is Cc1ccc(OC(=O)CNS(=O)(=O)Cc2ccc(F)cc2)cc1. The van der Waals surface area contributed by atoms with E-state index in [1.807, 2.05) is 6.92 Å². The molecule has 0 aliphatic heterocycles. The molecule has 5 nitrogen and oxygen atoms in total. The van der Waals surface area contributed by atoms with E-state index in [1.165, 1.54) is 24.3 Å². The lowest BCUT2D eigenvalue weighted by molar-refractivity contribution is -0.133. The van der Waals surface area contributed by atoms with E-state index >= 15 is 0 Å². The van der Waals surface area contributed by atoms with E-state index in [-0.39, 0.29) is 5.75 Å². The number of nitrogens with one attached hydrogen (secondary N) is 1. The predicted octanol–water partition coefficient (Wildman–Crippen LogP) is 2.16. The van der Waals surface area contributed by atoms with Crippen molar-refractivity contribution in [3.63, 3.8) is 0 Å². The summed E-state index contributed by atoms with van der Waals surface area (Å²) in [6.45, 7) is 1.42. The number of carbonyl (C=O) groups excluding carboxylic acids is 1. The molecule has 1 N–H and O–H groups in total. The van der Waals surface area contributed by atoms with Crippen molar-refractivity contribution in [1.29, 1.82) is 0 Å². The first-order chi connectivity index (χ1) is 10.8. The van der Waals surface area contributed by atoms with Gasteiger partial charge in [-0.15, -0.1) is 0 Å². The van der Waals surface area contributed by atoms with Crippen LogP contribution in [0.2, 0.25) is 0 Å². The molecule has 2 rings (SSSR count). The lowest BCUT2D eigenvalue weighted by Crippen LogP contribution is -2.32. The maximum atomic E-state index is 12.8. The van der Waals surface area contributed by atoms with Crippen molar-refractivity contribution in [1.82, 2.24) is 4.72 Å². The third-order valence-electron chi connectivity index (χ3n) is 2.96. The fraction of sp³-hybridized carbons (Fsp3) is 0.188. The number of aryl methyl sites for hydroxylation is 1. The molecule has 122 valence electrons. The Kier molecular flexibility index (Phi) is 5.46. The van der Waals surface area contributed by atoms with Crippen LogP contribution < -0.4 is 9.46 Å². The summed E-state index contributed by atoms with van der Waals surface area (Å²) in [7, 11) is -3.71. The summed E-state index contributed by atoms with van der Waals surface area (Å²) in [4.78, 5) is 11.6. The molecule has 0 aliphatic carbocycles. The quantitative estimate of drug-likeness (QED) is 0.648. The third-order valence-corrected chi connectivity index (χ3v) is 4.26. The van der Waals surface area contributed by atoms with Crippen LogP contribution >= 0.6 is 0 Å². The zero-order chi connectivity index (χ0) is 16.9. The second kappa shape index (κ2) is 7.34. The normalized spacial score (nSPS) is 11.2. The first-order valence-electron chi connectivity index (χ1n) is 6.83. The number of hydrogen-bond acceptors (Lipinski definition) is 4. The van der Waals surface area contributed by atoms with E-state index in [2.05, 4.69) is 4.72 Å². The lowest BCUT2D eigenvalue weighted by Gasteiger charge is -2.07. The number of carbonyl (C=O) groups is 1. The largest absolute Gasteiger partial charge is 0.426 e. The van der Waals surface area contributed by atoms with Crippen molar-refractivity contribution in [2.24, 2.45) is 0 Å². The maximum absolute atomic E-state index is 12.8. The summed E-state index contributed by atoms with van der Waals surface area (Å²) in [6.07, 6.45) is 0. The van der Waals surface area contributed by atoms with Gasteiger partial charge in [-0.05, 0) is 36.8 Å². The lowest BCUT2D eigenvalue weighted by atomic mass is 10.2. The Labute approximate surface area is 134 Å². The highest BCUT2D eigenvalue weighted by molar-refractivity contribution is 7.88. The van der Waals surface area contributed by atoms with Crippen LogP contribution in [0.1, 0.15) is 11.1 Å². The highest BCUT2D eigenvalue weighted by Gasteiger charge is 2.14. The molecule has 0 aliphatic rings. The van der Waals surface area contributed by atoms with Crippen LogP contribution in [0.3, 0.4) is 0 Å². The number of ether oxygens (including phenoxy) is 1. The van der Waals surface area contributed by atoms with Gasteiger partial charge < -0.3 is 4.74 Å². The molecule has 0 atom stereocenters. The molecule has 23 heavy (non-hydrogen) atoms.